The number of carbonyl (C=O) groups excluding carboxylic acids is 3. The number of furan rings is 1. The Balaban J connectivity index is 1.81. The molecule has 0 spiro atoms. The highest BCUT2D eigenvalue weighted by Gasteiger charge is 2.47. The highest BCUT2D eigenvalue weighted by Crippen LogP contribution is 2.44. The lowest BCUT2D eigenvalue weighted by molar-refractivity contribution is -0.117. The van der Waals surface area contributed by atoms with Gasteiger partial charge in [0.25, 0.3) is 5.91 Å². The highest BCUT2D eigenvalue weighted by atomic mass is 32.1. The fourth-order valence-electron chi connectivity index (χ4n) is 3.16. The largest absolute Gasteiger partial charge is 0.503 e. The Morgan fingerprint density at radius 1 is 1.33 bits per heavy atom. The molecule has 0 saturated carbocycles. The van der Waals surface area contributed by atoms with E-state index in [0.29, 0.717) is 10.6 Å². The molecule has 3 aromatic heterocycles. The first-order chi connectivity index (χ1) is 14.4. The predicted molar refractivity (Wildman–Crippen MR) is 110 cm³/mol. The van der Waals surface area contributed by atoms with Gasteiger partial charge in [0.15, 0.2) is 10.9 Å². The monoisotopic (exact) mass is 444 g/mol. The number of amides is 1. The second-order valence-corrected chi connectivity index (χ2v) is 8.22. The maximum Gasteiger partial charge on any atom is 0.350 e. The second-order valence-electron chi connectivity index (χ2n) is 6.29. The number of anilines is 1. The number of esters is 1. The predicted octanol–water partition coefficient (Wildman–Crippen LogP) is 4.07. The van der Waals surface area contributed by atoms with Gasteiger partial charge in [-0.2, -0.15) is 0 Å². The molecule has 3 aromatic rings. The van der Waals surface area contributed by atoms with Crippen molar-refractivity contribution >= 4 is 45.5 Å². The van der Waals surface area contributed by atoms with E-state index in [9.17, 15) is 19.5 Å². The van der Waals surface area contributed by atoms with Gasteiger partial charge in [-0.3, -0.25) is 14.5 Å². The number of thiophene rings is 1. The van der Waals surface area contributed by atoms with Crippen LogP contribution in [0.25, 0.3) is 0 Å². The van der Waals surface area contributed by atoms with Crippen LogP contribution in [0.1, 0.15) is 43.8 Å². The number of aliphatic hydroxyl groups excluding tert-OH is 1. The van der Waals surface area contributed by atoms with Crippen LogP contribution in [0, 0.1) is 6.92 Å². The van der Waals surface area contributed by atoms with Crippen molar-refractivity contribution in [2.24, 2.45) is 0 Å². The molecule has 4 heterocycles. The average molecular weight is 444 g/mol. The van der Waals surface area contributed by atoms with E-state index in [-0.39, 0.29) is 27.9 Å². The Morgan fingerprint density at radius 3 is 2.77 bits per heavy atom. The third-order valence-electron chi connectivity index (χ3n) is 4.46. The lowest BCUT2D eigenvalue weighted by Crippen LogP contribution is -2.30. The number of aryl methyl sites for hydroxylation is 1. The fourth-order valence-corrected chi connectivity index (χ4v) is 4.83. The van der Waals surface area contributed by atoms with Crippen molar-refractivity contribution in [3.8, 4) is 0 Å². The number of aliphatic hydroxyl groups is 1. The van der Waals surface area contributed by atoms with Crippen molar-refractivity contribution in [1.29, 1.82) is 0 Å². The summed E-state index contributed by atoms with van der Waals surface area (Å²) in [6, 6.07) is 5.55. The van der Waals surface area contributed by atoms with Gasteiger partial charge in [0, 0.05) is 0 Å². The maximum absolute atomic E-state index is 13.1. The van der Waals surface area contributed by atoms with Crippen LogP contribution in [0.15, 0.2) is 51.7 Å². The molecule has 4 rings (SSSR count). The van der Waals surface area contributed by atoms with Crippen LogP contribution in [-0.4, -0.2) is 34.4 Å². The zero-order valence-electron chi connectivity index (χ0n) is 15.9. The van der Waals surface area contributed by atoms with Gasteiger partial charge in [-0.25, -0.2) is 9.78 Å². The van der Waals surface area contributed by atoms with E-state index < -0.39 is 29.5 Å². The minimum Gasteiger partial charge on any atom is -0.503 e. The van der Waals surface area contributed by atoms with Gasteiger partial charge in [-0.15, -0.1) is 11.3 Å². The number of thiazole rings is 1. The Kier molecular flexibility index (Phi) is 5.27. The van der Waals surface area contributed by atoms with Gasteiger partial charge in [-0.1, -0.05) is 17.4 Å². The molecule has 0 aromatic carbocycles. The van der Waals surface area contributed by atoms with Crippen LogP contribution < -0.4 is 4.90 Å². The van der Waals surface area contributed by atoms with Gasteiger partial charge in [-0.05, 0) is 37.4 Å². The Hall–Kier alpha value is -3.24. The SMILES string of the molecule is CCOC(=O)c1sc(N2C(=O)C(O)=C(C(=O)c3cccs3)C2c2ccco2)nc1C. The van der Waals surface area contributed by atoms with Gasteiger partial charge in [0.05, 0.1) is 29.0 Å². The van der Waals surface area contributed by atoms with Crippen molar-refractivity contribution < 1.29 is 28.6 Å². The molecule has 1 aliphatic heterocycles. The molecule has 1 unspecified atom stereocenters. The lowest BCUT2D eigenvalue weighted by atomic mass is 10.0. The van der Waals surface area contributed by atoms with Gasteiger partial charge in [0.2, 0.25) is 5.78 Å². The van der Waals surface area contributed by atoms with E-state index >= 15 is 0 Å². The number of rotatable bonds is 6. The molecule has 1 aliphatic rings. The summed E-state index contributed by atoms with van der Waals surface area (Å²) in [6.45, 7) is 3.52. The van der Waals surface area contributed by atoms with Crippen molar-refractivity contribution in [3.63, 3.8) is 0 Å². The standard InChI is InChI=1S/C20H16N2O6S2/c1-3-27-19(26)17-10(2)21-20(30-17)22-14(11-6-4-8-28-11)13(16(24)18(22)25)15(23)12-7-5-9-29-12/h4-9,14,24H,3H2,1-2H3. The number of nitrogens with zero attached hydrogens (tertiary/aromatic N) is 2. The third-order valence-corrected chi connectivity index (χ3v) is 6.47. The summed E-state index contributed by atoms with van der Waals surface area (Å²) in [5.41, 5.74) is 0.292. The number of ether oxygens (including phenoxy) is 1. The Bertz CT molecular complexity index is 1140. The zero-order valence-corrected chi connectivity index (χ0v) is 17.6. The number of hydrogen-bond donors (Lipinski definition) is 1. The maximum atomic E-state index is 13.1. The van der Waals surface area contributed by atoms with Crippen molar-refractivity contribution in [1.82, 2.24) is 4.98 Å². The minimum absolute atomic E-state index is 0.0945. The molecular weight excluding hydrogens is 428 g/mol. The molecule has 30 heavy (non-hydrogen) atoms. The third kappa shape index (κ3) is 3.23. The minimum atomic E-state index is -1.01. The first kappa shape index (κ1) is 20.0. The van der Waals surface area contributed by atoms with Crippen LogP contribution in [0.2, 0.25) is 0 Å². The van der Waals surface area contributed by atoms with E-state index in [1.807, 2.05) is 0 Å². The second kappa shape index (κ2) is 7.88. The number of carbonyl (C=O) groups is 3. The summed E-state index contributed by atoms with van der Waals surface area (Å²) in [5.74, 6) is -2.19. The summed E-state index contributed by atoms with van der Waals surface area (Å²) in [6.07, 6.45) is 1.41. The number of hydrogen-bond acceptors (Lipinski definition) is 9. The summed E-state index contributed by atoms with van der Waals surface area (Å²) >= 11 is 2.16. The van der Waals surface area contributed by atoms with Crippen molar-refractivity contribution in [3.05, 3.63) is 68.4 Å². The summed E-state index contributed by atoms with van der Waals surface area (Å²) in [4.78, 5) is 44.4. The number of ketones is 1. The van der Waals surface area contributed by atoms with Crippen LogP contribution >= 0.6 is 22.7 Å². The van der Waals surface area contributed by atoms with E-state index in [1.54, 1.807) is 43.5 Å². The molecule has 0 saturated heterocycles. The molecule has 0 bridgehead atoms. The molecule has 1 N–H and O–H groups in total. The zero-order chi connectivity index (χ0) is 21.4. The fraction of sp³-hybridized carbons (Fsp3) is 0.200. The molecule has 154 valence electrons. The van der Waals surface area contributed by atoms with Gasteiger partial charge < -0.3 is 14.3 Å². The summed E-state index contributed by atoms with van der Waals surface area (Å²) < 4.78 is 10.5. The Labute approximate surface area is 179 Å². The van der Waals surface area contributed by atoms with Crippen molar-refractivity contribution in [2.45, 2.75) is 19.9 Å². The summed E-state index contributed by atoms with van der Waals surface area (Å²) in [5, 5.41) is 12.5. The topological polar surface area (TPSA) is 110 Å². The van der Waals surface area contributed by atoms with E-state index in [4.69, 9.17) is 9.15 Å². The number of aromatic nitrogens is 1. The molecule has 10 heteroatoms. The quantitative estimate of drug-likeness (QED) is 0.451. The van der Waals surface area contributed by atoms with Crippen LogP contribution in [-0.2, 0) is 9.53 Å². The molecule has 0 radical (unpaired) electrons. The average Bonchev–Trinajstić information content (AvgIpc) is 3.50. The van der Waals surface area contributed by atoms with E-state index in [0.717, 1.165) is 11.3 Å². The molecular formula is C20H16N2O6S2. The smallest absolute Gasteiger partial charge is 0.350 e. The van der Waals surface area contributed by atoms with Gasteiger partial charge in [0.1, 0.15) is 16.7 Å². The highest BCUT2D eigenvalue weighted by molar-refractivity contribution is 7.17. The molecule has 1 amide bonds. The Morgan fingerprint density at radius 2 is 2.13 bits per heavy atom. The first-order valence-corrected chi connectivity index (χ1v) is 10.7. The normalized spacial score (nSPS) is 16.4. The number of Topliss-reactive ketones (excluding diaryl/α,β-unsaturated/α-hetero) is 1. The molecule has 8 nitrogen and oxygen atoms in total. The summed E-state index contributed by atoms with van der Waals surface area (Å²) in [7, 11) is 0. The molecule has 1 atom stereocenters. The van der Waals surface area contributed by atoms with E-state index in [2.05, 4.69) is 4.98 Å². The molecule has 0 fully saturated rings. The molecule has 0 aliphatic carbocycles. The van der Waals surface area contributed by atoms with Crippen molar-refractivity contribution in [2.75, 3.05) is 11.5 Å². The first-order valence-electron chi connectivity index (χ1n) is 8.96. The van der Waals surface area contributed by atoms with E-state index in [1.165, 1.54) is 22.5 Å². The lowest BCUT2D eigenvalue weighted by Gasteiger charge is -2.22. The van der Waals surface area contributed by atoms with Crippen LogP contribution in [0.5, 0.6) is 0 Å². The van der Waals surface area contributed by atoms with Crippen LogP contribution in [0.4, 0.5) is 5.13 Å². The van der Waals surface area contributed by atoms with Crippen LogP contribution in [0.3, 0.4) is 0 Å². The van der Waals surface area contributed by atoms with Gasteiger partial charge >= 0.3 is 5.97 Å².